The van der Waals surface area contributed by atoms with E-state index in [1.54, 1.807) is 25.7 Å². The Morgan fingerprint density at radius 1 is 1.06 bits per heavy atom. The molecular weight excluding hydrogens is 420 g/mol. The van der Waals surface area contributed by atoms with Crippen molar-refractivity contribution in [3.63, 3.8) is 0 Å². The molecule has 1 heterocycles. The molecule has 1 N–H and O–H groups in total. The molecule has 2 aromatic rings. The first-order valence-corrected chi connectivity index (χ1v) is 11.5. The van der Waals surface area contributed by atoms with E-state index >= 15 is 0 Å². The van der Waals surface area contributed by atoms with Crippen molar-refractivity contribution in [2.45, 2.75) is 44.8 Å². The Labute approximate surface area is 194 Å². The summed E-state index contributed by atoms with van der Waals surface area (Å²) in [5.74, 6) is 0.00685. The van der Waals surface area contributed by atoms with Crippen molar-refractivity contribution in [2.75, 3.05) is 32.8 Å². The van der Waals surface area contributed by atoms with E-state index in [0.29, 0.717) is 19.5 Å². The summed E-state index contributed by atoms with van der Waals surface area (Å²) in [5, 5.41) is 9.43. The first kappa shape index (κ1) is 23.1. The number of carbonyl (C=O) groups is 2. The third-order valence-corrected chi connectivity index (χ3v) is 6.17. The summed E-state index contributed by atoms with van der Waals surface area (Å²) in [6, 6.07) is 16.2. The fraction of sp³-hybridized carbons (Fsp3) is 0.462. The highest BCUT2D eigenvalue weighted by atomic mass is 16.6. The Morgan fingerprint density at radius 2 is 1.67 bits per heavy atom. The van der Waals surface area contributed by atoms with Crippen molar-refractivity contribution in [3.8, 4) is 11.1 Å². The van der Waals surface area contributed by atoms with Gasteiger partial charge in [0.2, 0.25) is 0 Å². The molecule has 1 unspecified atom stereocenters. The number of ether oxygens (including phenoxy) is 2. The SMILES string of the molecule is CC(C)(C)OC(=O)N(CCO)C1CCN(C(=O)OCC2c3ccccc3-c3ccccc32)C1. The molecule has 0 spiro atoms. The van der Waals surface area contributed by atoms with Gasteiger partial charge in [-0.1, -0.05) is 48.5 Å². The van der Waals surface area contributed by atoms with Gasteiger partial charge in [0, 0.05) is 25.6 Å². The lowest BCUT2D eigenvalue weighted by molar-refractivity contribution is 0.0128. The Balaban J connectivity index is 1.39. The zero-order valence-electron chi connectivity index (χ0n) is 19.5. The first-order valence-electron chi connectivity index (χ1n) is 11.5. The Morgan fingerprint density at radius 3 is 2.24 bits per heavy atom. The molecule has 1 atom stereocenters. The van der Waals surface area contributed by atoms with Gasteiger partial charge in [-0.05, 0) is 49.4 Å². The van der Waals surface area contributed by atoms with Crippen LogP contribution in [0.2, 0.25) is 0 Å². The van der Waals surface area contributed by atoms with Crippen molar-refractivity contribution in [1.82, 2.24) is 9.80 Å². The van der Waals surface area contributed by atoms with E-state index in [9.17, 15) is 14.7 Å². The second-order valence-electron chi connectivity index (χ2n) is 9.59. The second-order valence-corrected chi connectivity index (χ2v) is 9.59. The fourth-order valence-electron chi connectivity index (χ4n) is 4.70. The third kappa shape index (κ3) is 4.98. The smallest absolute Gasteiger partial charge is 0.410 e. The van der Waals surface area contributed by atoms with Crippen LogP contribution in [0.15, 0.2) is 48.5 Å². The zero-order valence-corrected chi connectivity index (χ0v) is 19.5. The van der Waals surface area contributed by atoms with Crippen LogP contribution in [0.4, 0.5) is 9.59 Å². The molecule has 0 bridgehead atoms. The van der Waals surface area contributed by atoms with Crippen LogP contribution in [-0.4, -0.2) is 71.6 Å². The molecule has 176 valence electrons. The molecule has 33 heavy (non-hydrogen) atoms. The van der Waals surface area contributed by atoms with Gasteiger partial charge in [-0.15, -0.1) is 0 Å². The lowest BCUT2D eigenvalue weighted by Crippen LogP contribution is -2.46. The number of likely N-dealkylation sites (tertiary alicyclic amines) is 1. The van der Waals surface area contributed by atoms with E-state index in [-0.39, 0.29) is 37.8 Å². The van der Waals surface area contributed by atoms with Crippen molar-refractivity contribution < 1.29 is 24.2 Å². The van der Waals surface area contributed by atoms with E-state index in [4.69, 9.17) is 9.47 Å². The van der Waals surface area contributed by atoms with Gasteiger partial charge in [0.25, 0.3) is 0 Å². The van der Waals surface area contributed by atoms with Crippen molar-refractivity contribution >= 4 is 12.2 Å². The molecule has 0 saturated carbocycles. The minimum absolute atomic E-state index is 0.00685. The van der Waals surface area contributed by atoms with Crippen LogP contribution in [0.25, 0.3) is 11.1 Å². The van der Waals surface area contributed by atoms with Crippen LogP contribution < -0.4 is 0 Å². The number of aliphatic hydroxyl groups excluding tert-OH is 1. The summed E-state index contributed by atoms with van der Waals surface area (Å²) >= 11 is 0. The van der Waals surface area contributed by atoms with Gasteiger partial charge in [-0.2, -0.15) is 0 Å². The minimum Gasteiger partial charge on any atom is -0.448 e. The highest BCUT2D eigenvalue weighted by Crippen LogP contribution is 2.44. The number of hydrogen-bond donors (Lipinski definition) is 1. The van der Waals surface area contributed by atoms with E-state index in [1.165, 1.54) is 27.2 Å². The van der Waals surface area contributed by atoms with Crippen molar-refractivity contribution in [3.05, 3.63) is 59.7 Å². The topological polar surface area (TPSA) is 79.3 Å². The predicted molar refractivity (Wildman–Crippen MR) is 125 cm³/mol. The summed E-state index contributed by atoms with van der Waals surface area (Å²) in [6.45, 7) is 6.53. The van der Waals surface area contributed by atoms with E-state index in [2.05, 4.69) is 24.3 Å². The number of hydrogen-bond acceptors (Lipinski definition) is 5. The molecule has 0 radical (unpaired) electrons. The summed E-state index contributed by atoms with van der Waals surface area (Å²) < 4.78 is 11.2. The highest BCUT2D eigenvalue weighted by Gasteiger charge is 2.36. The number of nitrogens with zero attached hydrogens (tertiary/aromatic N) is 2. The minimum atomic E-state index is -0.629. The molecular formula is C26H32N2O5. The van der Waals surface area contributed by atoms with Gasteiger partial charge in [0.1, 0.15) is 12.2 Å². The molecule has 4 rings (SSSR count). The number of rotatable bonds is 5. The average molecular weight is 453 g/mol. The predicted octanol–water partition coefficient (Wildman–Crippen LogP) is 4.24. The molecule has 2 aliphatic rings. The van der Waals surface area contributed by atoms with Gasteiger partial charge in [-0.25, -0.2) is 9.59 Å². The number of aliphatic hydroxyl groups is 1. The average Bonchev–Trinajstić information content (AvgIpc) is 3.38. The Hall–Kier alpha value is -3.06. The standard InChI is InChI=1S/C26H32N2O5/c1-26(2,3)33-25(31)28(14-15-29)18-12-13-27(16-18)24(30)32-17-23-21-10-6-4-8-19(21)20-9-5-7-11-22(20)23/h4-11,18,23,29H,12-17H2,1-3H3. The van der Waals surface area contributed by atoms with Crippen LogP contribution in [0.1, 0.15) is 44.2 Å². The lowest BCUT2D eigenvalue weighted by Gasteiger charge is -2.31. The number of amides is 2. The van der Waals surface area contributed by atoms with Crippen LogP contribution >= 0.6 is 0 Å². The molecule has 2 amide bonds. The fourth-order valence-corrected chi connectivity index (χ4v) is 4.70. The van der Waals surface area contributed by atoms with E-state index < -0.39 is 11.7 Å². The maximum atomic E-state index is 12.9. The largest absolute Gasteiger partial charge is 0.448 e. The summed E-state index contributed by atoms with van der Waals surface area (Å²) in [5.41, 5.74) is 4.09. The van der Waals surface area contributed by atoms with Crippen LogP contribution in [0.5, 0.6) is 0 Å². The molecule has 2 aromatic carbocycles. The van der Waals surface area contributed by atoms with Gasteiger partial charge < -0.3 is 24.4 Å². The van der Waals surface area contributed by atoms with Crippen LogP contribution in [0, 0.1) is 0 Å². The Bertz CT molecular complexity index is 970. The maximum Gasteiger partial charge on any atom is 0.410 e. The Kier molecular flexibility index (Phi) is 6.61. The van der Waals surface area contributed by atoms with Crippen LogP contribution in [-0.2, 0) is 9.47 Å². The van der Waals surface area contributed by atoms with Crippen LogP contribution in [0.3, 0.4) is 0 Å². The quantitative estimate of drug-likeness (QED) is 0.734. The zero-order chi connectivity index (χ0) is 23.6. The highest BCUT2D eigenvalue weighted by molar-refractivity contribution is 5.79. The summed E-state index contributed by atoms with van der Waals surface area (Å²) in [7, 11) is 0. The molecule has 7 heteroatoms. The molecule has 7 nitrogen and oxygen atoms in total. The van der Waals surface area contributed by atoms with Gasteiger partial charge in [0.05, 0.1) is 12.6 Å². The molecule has 1 saturated heterocycles. The van der Waals surface area contributed by atoms with Crippen molar-refractivity contribution in [1.29, 1.82) is 0 Å². The normalized spacial score (nSPS) is 17.5. The molecule has 1 aliphatic heterocycles. The molecule has 0 aromatic heterocycles. The van der Waals surface area contributed by atoms with Gasteiger partial charge in [0.15, 0.2) is 0 Å². The summed E-state index contributed by atoms with van der Waals surface area (Å²) in [4.78, 5) is 28.6. The van der Waals surface area contributed by atoms with E-state index in [1.807, 2.05) is 24.3 Å². The third-order valence-electron chi connectivity index (χ3n) is 6.17. The lowest BCUT2D eigenvalue weighted by atomic mass is 9.98. The van der Waals surface area contributed by atoms with Crippen molar-refractivity contribution in [2.24, 2.45) is 0 Å². The van der Waals surface area contributed by atoms with Gasteiger partial charge in [-0.3, -0.25) is 0 Å². The number of carbonyl (C=O) groups excluding carboxylic acids is 2. The number of fused-ring (bicyclic) bond motifs is 3. The number of benzene rings is 2. The van der Waals surface area contributed by atoms with E-state index in [0.717, 1.165) is 0 Å². The molecule has 1 fully saturated rings. The summed E-state index contributed by atoms with van der Waals surface area (Å²) in [6.07, 6.45) is -0.243. The van der Waals surface area contributed by atoms with Gasteiger partial charge >= 0.3 is 12.2 Å². The second kappa shape index (κ2) is 9.43. The molecule has 1 aliphatic carbocycles. The maximum absolute atomic E-state index is 12.9. The first-order chi connectivity index (χ1) is 15.8. The monoisotopic (exact) mass is 452 g/mol.